The Kier molecular flexibility index (Phi) is 5.21. The predicted octanol–water partition coefficient (Wildman–Crippen LogP) is 3.96. The lowest BCUT2D eigenvalue weighted by Crippen LogP contribution is -2.20. The first kappa shape index (κ1) is 18.4. The Bertz CT molecular complexity index is 1030. The zero-order valence-electron chi connectivity index (χ0n) is 15.7. The number of nitrogens with one attached hydrogen (secondary N) is 1. The number of nitrogens with zero attached hydrogens (tertiary/aromatic N) is 2. The molecule has 0 aliphatic carbocycles. The monoisotopic (exact) mass is 379 g/mol. The third-order valence-corrected chi connectivity index (χ3v) is 4.96. The van der Waals surface area contributed by atoms with Gasteiger partial charge in [-0.3, -0.25) is 14.9 Å². The molecule has 1 aromatic heterocycles. The molecule has 4 rings (SSSR count). The van der Waals surface area contributed by atoms with Crippen molar-refractivity contribution in [1.29, 1.82) is 0 Å². The molecule has 2 aromatic carbocycles. The van der Waals surface area contributed by atoms with E-state index in [4.69, 9.17) is 4.74 Å². The van der Waals surface area contributed by atoms with Crippen molar-refractivity contribution in [2.24, 2.45) is 4.99 Å². The lowest BCUT2D eigenvalue weighted by molar-refractivity contribution is 0.118. The summed E-state index contributed by atoms with van der Waals surface area (Å²) in [6.45, 7) is 3.16. The summed E-state index contributed by atoms with van der Waals surface area (Å²) in [6, 6.07) is 15.5. The van der Waals surface area contributed by atoms with Gasteiger partial charge in [-0.2, -0.15) is 0 Å². The van der Waals surface area contributed by atoms with Gasteiger partial charge in [0.2, 0.25) is 0 Å². The van der Waals surface area contributed by atoms with Gasteiger partial charge in [0.25, 0.3) is 5.56 Å². The molecule has 1 saturated heterocycles. The number of hydrogen-bond donors (Lipinski definition) is 1. The van der Waals surface area contributed by atoms with Crippen LogP contribution in [0.5, 0.6) is 0 Å². The summed E-state index contributed by atoms with van der Waals surface area (Å²) in [5.41, 5.74) is 3.14. The lowest BCUT2D eigenvalue weighted by Gasteiger charge is -2.07. The molecule has 5 nitrogen and oxygen atoms in total. The minimum atomic E-state index is -0.346. The van der Waals surface area contributed by atoms with Crippen molar-refractivity contribution in [1.82, 2.24) is 9.78 Å². The molecule has 1 fully saturated rings. The summed E-state index contributed by atoms with van der Waals surface area (Å²) in [7, 11) is 0. The van der Waals surface area contributed by atoms with Crippen LogP contribution in [0, 0.1) is 5.82 Å². The molecule has 6 heteroatoms. The van der Waals surface area contributed by atoms with E-state index >= 15 is 0 Å². The van der Waals surface area contributed by atoms with Crippen LogP contribution in [-0.2, 0) is 4.74 Å². The van der Waals surface area contributed by atoms with Crippen molar-refractivity contribution >= 4 is 5.71 Å². The number of halogens is 1. The van der Waals surface area contributed by atoms with Gasteiger partial charge in [0.05, 0.1) is 29.6 Å². The first-order chi connectivity index (χ1) is 13.6. The van der Waals surface area contributed by atoms with E-state index in [0.29, 0.717) is 29.2 Å². The van der Waals surface area contributed by atoms with Crippen LogP contribution in [0.2, 0.25) is 0 Å². The van der Waals surface area contributed by atoms with E-state index in [1.54, 1.807) is 12.1 Å². The van der Waals surface area contributed by atoms with E-state index in [2.05, 4.69) is 10.1 Å². The molecular weight excluding hydrogens is 357 g/mol. The van der Waals surface area contributed by atoms with Gasteiger partial charge in [-0.25, -0.2) is 9.07 Å². The van der Waals surface area contributed by atoms with Crippen LogP contribution in [-0.4, -0.2) is 34.7 Å². The average Bonchev–Trinajstić information content (AvgIpc) is 3.35. The molecule has 1 unspecified atom stereocenters. The lowest BCUT2D eigenvalue weighted by atomic mass is 10.1. The number of aliphatic imine (C=N–C) groups is 1. The van der Waals surface area contributed by atoms with E-state index in [1.807, 2.05) is 37.3 Å². The van der Waals surface area contributed by atoms with Crippen molar-refractivity contribution in [3.63, 3.8) is 0 Å². The highest BCUT2D eigenvalue weighted by molar-refractivity contribution is 6.03. The van der Waals surface area contributed by atoms with Crippen LogP contribution in [0.4, 0.5) is 4.39 Å². The second-order valence-corrected chi connectivity index (χ2v) is 6.91. The summed E-state index contributed by atoms with van der Waals surface area (Å²) < 4.78 is 20.4. The van der Waals surface area contributed by atoms with Crippen LogP contribution in [0.3, 0.4) is 0 Å². The predicted molar refractivity (Wildman–Crippen MR) is 108 cm³/mol. The molecule has 1 aliphatic heterocycles. The molecule has 0 bridgehead atoms. The number of aromatic amines is 1. The third-order valence-electron chi connectivity index (χ3n) is 4.96. The number of H-pyrrole nitrogens is 1. The number of benzene rings is 2. The Labute approximate surface area is 162 Å². The summed E-state index contributed by atoms with van der Waals surface area (Å²) >= 11 is 0. The zero-order chi connectivity index (χ0) is 19.5. The quantitative estimate of drug-likeness (QED) is 0.682. The average molecular weight is 379 g/mol. The van der Waals surface area contributed by atoms with E-state index in [-0.39, 0.29) is 17.5 Å². The maximum atomic E-state index is 13.3. The van der Waals surface area contributed by atoms with Gasteiger partial charge in [-0.05, 0) is 44.0 Å². The highest BCUT2D eigenvalue weighted by Gasteiger charge is 2.20. The maximum absolute atomic E-state index is 13.3. The summed E-state index contributed by atoms with van der Waals surface area (Å²) in [4.78, 5) is 17.9. The fourth-order valence-electron chi connectivity index (χ4n) is 3.46. The van der Waals surface area contributed by atoms with Crippen LogP contribution in [0.1, 0.15) is 25.3 Å². The minimum Gasteiger partial charge on any atom is -0.376 e. The van der Waals surface area contributed by atoms with Gasteiger partial charge in [0, 0.05) is 17.9 Å². The highest BCUT2D eigenvalue weighted by atomic mass is 19.1. The smallest absolute Gasteiger partial charge is 0.280 e. The number of aromatic nitrogens is 2. The van der Waals surface area contributed by atoms with Gasteiger partial charge < -0.3 is 4.74 Å². The normalized spacial score (nSPS) is 17.2. The molecular formula is C22H22FN3O2. The summed E-state index contributed by atoms with van der Waals surface area (Å²) in [6.07, 6.45) is 2.17. The Morgan fingerprint density at radius 1 is 1.21 bits per heavy atom. The largest absolute Gasteiger partial charge is 0.376 e. The van der Waals surface area contributed by atoms with E-state index in [9.17, 15) is 9.18 Å². The highest BCUT2D eigenvalue weighted by Crippen LogP contribution is 2.22. The molecule has 3 aromatic rings. The Morgan fingerprint density at radius 3 is 2.64 bits per heavy atom. The van der Waals surface area contributed by atoms with Gasteiger partial charge >= 0.3 is 0 Å². The molecule has 1 N–H and O–H groups in total. The van der Waals surface area contributed by atoms with Gasteiger partial charge in [0.15, 0.2) is 0 Å². The standard InChI is InChI=1S/C22H22FN3O2/c1-15(24-14-19-8-5-13-28-19)20-21(16-6-3-2-4-7-16)25-26(22(20)27)18-11-9-17(23)10-12-18/h2-4,6-7,9-12,19,25H,5,8,13-14H2,1H3. The van der Waals surface area contributed by atoms with E-state index in [1.165, 1.54) is 16.8 Å². The molecule has 144 valence electrons. The topological polar surface area (TPSA) is 59.4 Å². The molecule has 0 amide bonds. The molecule has 1 aliphatic rings. The third kappa shape index (κ3) is 3.68. The molecule has 0 spiro atoms. The van der Waals surface area contributed by atoms with Crippen LogP contribution in [0.15, 0.2) is 64.4 Å². The number of hydrogen-bond acceptors (Lipinski definition) is 3. The number of ether oxygens (including phenoxy) is 1. The molecule has 0 saturated carbocycles. The van der Waals surface area contributed by atoms with Crippen molar-refractivity contribution in [2.45, 2.75) is 25.9 Å². The Hall–Kier alpha value is -2.99. The van der Waals surface area contributed by atoms with Gasteiger partial charge in [0.1, 0.15) is 5.82 Å². The van der Waals surface area contributed by atoms with Gasteiger partial charge in [-0.1, -0.05) is 30.3 Å². The summed E-state index contributed by atoms with van der Waals surface area (Å²) in [5.74, 6) is -0.346. The van der Waals surface area contributed by atoms with Crippen LogP contribution < -0.4 is 5.56 Å². The van der Waals surface area contributed by atoms with Crippen molar-refractivity contribution in [3.05, 3.63) is 76.3 Å². The second-order valence-electron chi connectivity index (χ2n) is 6.91. The van der Waals surface area contributed by atoms with Crippen molar-refractivity contribution in [2.75, 3.05) is 13.2 Å². The SMILES string of the molecule is CC(=NCC1CCCO1)c1c(-c2ccccc2)[nH]n(-c2ccc(F)cc2)c1=O. The zero-order valence-corrected chi connectivity index (χ0v) is 15.7. The minimum absolute atomic E-state index is 0.119. The maximum Gasteiger partial charge on any atom is 0.280 e. The van der Waals surface area contributed by atoms with Crippen LogP contribution >= 0.6 is 0 Å². The Morgan fingerprint density at radius 2 is 1.96 bits per heavy atom. The number of rotatable bonds is 5. The van der Waals surface area contributed by atoms with E-state index in [0.717, 1.165) is 25.0 Å². The molecule has 2 heterocycles. The Balaban J connectivity index is 1.79. The summed E-state index contributed by atoms with van der Waals surface area (Å²) in [5, 5.41) is 3.18. The molecule has 0 radical (unpaired) electrons. The van der Waals surface area contributed by atoms with Crippen LogP contribution in [0.25, 0.3) is 16.9 Å². The molecule has 28 heavy (non-hydrogen) atoms. The fourth-order valence-corrected chi connectivity index (χ4v) is 3.46. The first-order valence-corrected chi connectivity index (χ1v) is 9.43. The fraction of sp³-hybridized carbons (Fsp3) is 0.273. The second kappa shape index (κ2) is 7.94. The first-order valence-electron chi connectivity index (χ1n) is 9.43. The van der Waals surface area contributed by atoms with Gasteiger partial charge in [-0.15, -0.1) is 0 Å². The molecule has 1 atom stereocenters. The van der Waals surface area contributed by atoms with Crippen molar-refractivity contribution < 1.29 is 9.13 Å². The van der Waals surface area contributed by atoms with Crippen molar-refractivity contribution in [3.8, 4) is 16.9 Å². The van der Waals surface area contributed by atoms with E-state index < -0.39 is 0 Å².